The maximum atomic E-state index is 11.0. The minimum Gasteiger partial charge on any atom is -0.330 e. The third kappa shape index (κ3) is 4.92. The van der Waals surface area contributed by atoms with Gasteiger partial charge in [-0.1, -0.05) is 45.8 Å². The number of fused-ring (bicyclic) bond motifs is 2. The molecule has 2 aliphatic carbocycles. The molecule has 28 heavy (non-hydrogen) atoms. The van der Waals surface area contributed by atoms with Crippen LogP contribution >= 0.6 is 0 Å². The summed E-state index contributed by atoms with van der Waals surface area (Å²) in [5.74, 6) is -0.337. The lowest BCUT2D eigenvalue weighted by atomic mass is 9.49. The van der Waals surface area contributed by atoms with E-state index in [2.05, 4.69) is 31.7 Å². The van der Waals surface area contributed by atoms with Crippen LogP contribution < -0.4 is 5.73 Å². The van der Waals surface area contributed by atoms with Gasteiger partial charge in [0.25, 0.3) is 10.2 Å². The topological polar surface area (TPSA) is 131 Å². The van der Waals surface area contributed by atoms with Crippen molar-refractivity contribution in [2.75, 3.05) is 13.2 Å². The molecule has 1 saturated carbocycles. The molecule has 0 amide bonds. The maximum absolute atomic E-state index is 11.0. The SMILES string of the molecule is CCC1(C)CC2=CC(C)(C(C)C(CO[N+](=O)[O-])O[N+](=O)[O-])CC(CCN)(C2)C1. The Hall–Kier alpha value is -1.90. The predicted molar refractivity (Wildman–Crippen MR) is 103 cm³/mol. The van der Waals surface area contributed by atoms with Gasteiger partial charge in [-0.2, -0.15) is 0 Å². The van der Waals surface area contributed by atoms with Crippen molar-refractivity contribution < 1.29 is 19.8 Å². The zero-order valence-corrected chi connectivity index (χ0v) is 17.3. The van der Waals surface area contributed by atoms with Gasteiger partial charge in [0.2, 0.25) is 0 Å². The minimum absolute atomic E-state index is 0.0496. The zero-order chi connectivity index (χ0) is 21.2. The van der Waals surface area contributed by atoms with Crippen LogP contribution in [-0.4, -0.2) is 29.4 Å². The summed E-state index contributed by atoms with van der Waals surface area (Å²) < 4.78 is 0. The largest absolute Gasteiger partial charge is 0.330 e. The Kier molecular flexibility index (Phi) is 6.58. The zero-order valence-electron chi connectivity index (χ0n) is 17.3. The highest BCUT2D eigenvalue weighted by atomic mass is 17.0. The van der Waals surface area contributed by atoms with Crippen molar-refractivity contribution in [3.05, 3.63) is 31.9 Å². The quantitative estimate of drug-likeness (QED) is 0.337. The Morgan fingerprint density at radius 2 is 1.89 bits per heavy atom. The standard InChI is InChI=1S/C19H33N3O6/c1-5-17(3)8-15-9-18(4,13-19(10-15,12-17)6-7-20)14(2)16(28-22(25)26)11-27-21(23)24/h9,14,16H,5-8,10-13,20H2,1-4H3. The van der Waals surface area contributed by atoms with Crippen LogP contribution in [0.5, 0.6) is 0 Å². The minimum atomic E-state index is -1.02. The fourth-order valence-corrected chi connectivity index (χ4v) is 5.72. The van der Waals surface area contributed by atoms with E-state index in [1.54, 1.807) is 0 Å². The van der Waals surface area contributed by atoms with Gasteiger partial charge in [-0.3, -0.25) is 0 Å². The van der Waals surface area contributed by atoms with E-state index < -0.39 is 28.3 Å². The van der Waals surface area contributed by atoms with Gasteiger partial charge in [-0.25, -0.2) is 0 Å². The molecule has 9 heteroatoms. The molecule has 1 fully saturated rings. The number of hydrogen-bond donors (Lipinski definition) is 1. The number of nitrogens with zero attached hydrogens (tertiary/aromatic N) is 2. The molecule has 9 nitrogen and oxygen atoms in total. The first kappa shape index (κ1) is 22.4. The van der Waals surface area contributed by atoms with Gasteiger partial charge in [-0.15, -0.1) is 20.2 Å². The van der Waals surface area contributed by atoms with Crippen molar-refractivity contribution in [2.24, 2.45) is 27.9 Å². The van der Waals surface area contributed by atoms with Gasteiger partial charge in [0, 0.05) is 0 Å². The molecular formula is C19H33N3O6. The van der Waals surface area contributed by atoms with Crippen LogP contribution in [0.25, 0.3) is 0 Å². The smallest absolute Gasteiger partial charge is 0.294 e. The maximum Gasteiger partial charge on any atom is 0.294 e. The van der Waals surface area contributed by atoms with E-state index in [-0.39, 0.29) is 16.7 Å². The van der Waals surface area contributed by atoms with Gasteiger partial charge in [0.1, 0.15) is 12.7 Å². The molecule has 2 bridgehead atoms. The molecule has 0 aromatic heterocycles. The molecule has 0 aliphatic heterocycles. The summed E-state index contributed by atoms with van der Waals surface area (Å²) in [6, 6.07) is 0. The second-order valence-electron chi connectivity index (χ2n) is 9.39. The Labute approximate surface area is 165 Å². The Morgan fingerprint density at radius 1 is 1.21 bits per heavy atom. The lowest BCUT2D eigenvalue weighted by Crippen LogP contribution is -2.48. The first-order chi connectivity index (χ1) is 13.0. The van der Waals surface area contributed by atoms with Gasteiger partial charge in [-0.05, 0) is 60.8 Å². The third-order valence-electron chi connectivity index (χ3n) is 7.04. The summed E-state index contributed by atoms with van der Waals surface area (Å²) in [5, 5.41) is 19.7. The van der Waals surface area contributed by atoms with Crippen molar-refractivity contribution in [2.45, 2.75) is 72.3 Å². The van der Waals surface area contributed by atoms with Crippen molar-refractivity contribution in [1.82, 2.24) is 0 Å². The number of hydrogen-bond acceptors (Lipinski definition) is 7. The third-order valence-corrected chi connectivity index (χ3v) is 7.04. The van der Waals surface area contributed by atoms with Crippen LogP contribution in [0.15, 0.2) is 11.6 Å². The van der Waals surface area contributed by atoms with Gasteiger partial charge >= 0.3 is 0 Å². The number of rotatable bonds is 10. The van der Waals surface area contributed by atoms with E-state index in [0.29, 0.717) is 6.54 Å². The number of allylic oxidation sites excluding steroid dienone is 2. The van der Waals surface area contributed by atoms with E-state index in [4.69, 9.17) is 10.6 Å². The Morgan fingerprint density at radius 3 is 2.43 bits per heavy atom. The van der Waals surface area contributed by atoms with E-state index in [1.807, 2.05) is 6.92 Å². The molecule has 0 aromatic carbocycles. The normalized spacial score (nSPS) is 34.1. The predicted octanol–water partition coefficient (Wildman–Crippen LogP) is 3.68. The Bertz CT molecular complexity index is 641. The summed E-state index contributed by atoms with van der Waals surface area (Å²) in [6.45, 7) is 8.58. The summed E-state index contributed by atoms with van der Waals surface area (Å²) >= 11 is 0. The van der Waals surface area contributed by atoms with Crippen LogP contribution in [0, 0.1) is 42.4 Å². The van der Waals surface area contributed by atoms with Crippen LogP contribution in [0.3, 0.4) is 0 Å². The molecule has 0 radical (unpaired) electrons. The molecule has 0 aromatic rings. The molecule has 160 valence electrons. The van der Waals surface area contributed by atoms with Gasteiger partial charge in [0.15, 0.2) is 0 Å². The van der Waals surface area contributed by atoms with Gasteiger partial charge < -0.3 is 15.4 Å². The average molecular weight is 399 g/mol. The van der Waals surface area contributed by atoms with Crippen molar-refractivity contribution in [3.63, 3.8) is 0 Å². The summed E-state index contributed by atoms with van der Waals surface area (Å²) in [5.41, 5.74) is 7.21. The van der Waals surface area contributed by atoms with Crippen molar-refractivity contribution in [1.29, 1.82) is 0 Å². The summed E-state index contributed by atoms with van der Waals surface area (Å²) in [7, 11) is 0. The fraction of sp³-hybridized carbons (Fsp3) is 0.895. The molecule has 2 rings (SSSR count). The van der Waals surface area contributed by atoms with E-state index in [0.717, 1.165) is 38.5 Å². The number of nitrogens with two attached hydrogens (primary N) is 1. The fourth-order valence-electron chi connectivity index (χ4n) is 5.72. The average Bonchev–Trinajstić information content (AvgIpc) is 2.56. The molecule has 0 heterocycles. The van der Waals surface area contributed by atoms with E-state index in [9.17, 15) is 20.2 Å². The molecule has 5 unspecified atom stereocenters. The van der Waals surface area contributed by atoms with E-state index >= 15 is 0 Å². The lowest BCUT2D eigenvalue weighted by Gasteiger charge is -2.56. The summed E-state index contributed by atoms with van der Waals surface area (Å²) in [4.78, 5) is 30.8. The van der Waals surface area contributed by atoms with Crippen LogP contribution in [-0.2, 0) is 9.68 Å². The molecule has 0 saturated heterocycles. The molecule has 2 aliphatic rings. The van der Waals surface area contributed by atoms with E-state index in [1.165, 1.54) is 5.57 Å². The van der Waals surface area contributed by atoms with Crippen molar-refractivity contribution >= 4 is 0 Å². The first-order valence-electron chi connectivity index (χ1n) is 9.96. The lowest BCUT2D eigenvalue weighted by molar-refractivity contribution is -0.792. The highest BCUT2D eigenvalue weighted by Crippen LogP contribution is 2.61. The van der Waals surface area contributed by atoms with Crippen LogP contribution in [0.1, 0.15) is 66.2 Å². The second kappa shape index (κ2) is 8.23. The molecule has 0 spiro atoms. The molecule has 2 N–H and O–H groups in total. The first-order valence-corrected chi connectivity index (χ1v) is 9.96. The van der Waals surface area contributed by atoms with Gasteiger partial charge in [0.05, 0.1) is 0 Å². The van der Waals surface area contributed by atoms with Crippen LogP contribution in [0.2, 0.25) is 0 Å². The highest BCUT2D eigenvalue weighted by Gasteiger charge is 2.51. The molecule has 5 atom stereocenters. The second-order valence-corrected chi connectivity index (χ2v) is 9.39. The summed E-state index contributed by atoms with van der Waals surface area (Å²) in [6.07, 6.45) is 7.11. The van der Waals surface area contributed by atoms with Crippen LogP contribution in [0.4, 0.5) is 0 Å². The van der Waals surface area contributed by atoms with Crippen molar-refractivity contribution in [3.8, 4) is 0 Å². The monoisotopic (exact) mass is 399 g/mol. The highest BCUT2D eigenvalue weighted by molar-refractivity contribution is 5.24. The molecular weight excluding hydrogens is 366 g/mol. The Balaban J connectivity index is 2.35.